The van der Waals surface area contributed by atoms with Crippen LogP contribution in [0.2, 0.25) is 0 Å². The first-order valence-electron chi connectivity index (χ1n) is 23.2. The maximum atomic E-state index is 15.5. The Morgan fingerprint density at radius 3 is 2.12 bits per heavy atom. The summed E-state index contributed by atoms with van der Waals surface area (Å²) in [7, 11) is 0. The van der Waals surface area contributed by atoms with Crippen molar-refractivity contribution in [3.63, 3.8) is 0 Å². The molecule has 1 aliphatic rings. The van der Waals surface area contributed by atoms with E-state index in [1.54, 1.807) is 6.20 Å². The van der Waals surface area contributed by atoms with Gasteiger partial charge >= 0.3 is 0 Å². The van der Waals surface area contributed by atoms with Gasteiger partial charge in [0.15, 0.2) is 0 Å². The Labute approximate surface area is 416 Å². The molecule has 0 radical (unpaired) electrons. The second kappa shape index (κ2) is 18.4. The van der Waals surface area contributed by atoms with Crippen molar-refractivity contribution in [3.8, 4) is 39.6 Å². The summed E-state index contributed by atoms with van der Waals surface area (Å²) >= 11 is 0. The number of anilines is 4. The zero-order chi connectivity index (χ0) is 46.8. The van der Waals surface area contributed by atoms with Gasteiger partial charge in [-0.15, -0.1) is 53.6 Å². The fourth-order valence-corrected chi connectivity index (χ4v) is 9.54. The third-order valence-corrected chi connectivity index (χ3v) is 13.0. The van der Waals surface area contributed by atoms with Crippen molar-refractivity contribution in [2.75, 3.05) is 9.80 Å². The number of pyridine rings is 2. The van der Waals surface area contributed by atoms with Crippen molar-refractivity contribution in [3.05, 3.63) is 205 Å². The molecular formula is C60H48F2N5OPt-3. The van der Waals surface area contributed by atoms with Crippen LogP contribution in [-0.4, -0.2) is 14.5 Å². The van der Waals surface area contributed by atoms with Crippen LogP contribution >= 0.6 is 0 Å². The number of fused-ring (bicyclic) bond motifs is 5. The molecule has 0 saturated heterocycles. The van der Waals surface area contributed by atoms with E-state index in [0.29, 0.717) is 17.1 Å². The molecule has 346 valence electrons. The first-order valence-corrected chi connectivity index (χ1v) is 23.2. The molecule has 0 fully saturated rings. The van der Waals surface area contributed by atoms with Crippen molar-refractivity contribution in [1.82, 2.24) is 14.5 Å². The van der Waals surface area contributed by atoms with Crippen molar-refractivity contribution in [1.29, 1.82) is 0 Å². The standard InChI is InChI=1S/C60H48F2N5O.Pt/c1-36(2)39-17-23-56-58(31-39)66(60-51(37(3)4)29-43(30-52(60)38(5)6)48-20-18-44(61)32-53(48)62)35-65(56)45-27-42(40-16-22-54-41(26-40)12-11-25-63-54)28-47(33-45)68-46-19-21-50-49-13-7-8-14-55(49)67(57(50)34-46)59-15-9-10-24-64-59;/h7-32,35-38H,1-6H3;/q-3;. The van der Waals surface area contributed by atoms with Gasteiger partial charge in [0.1, 0.15) is 17.5 Å². The molecule has 0 unspecified atom stereocenters. The molecule has 0 N–H and O–H groups in total. The maximum absolute atomic E-state index is 15.5. The van der Waals surface area contributed by atoms with Crippen LogP contribution in [0.1, 0.15) is 76.0 Å². The van der Waals surface area contributed by atoms with Gasteiger partial charge in [0.05, 0.1) is 5.52 Å². The van der Waals surface area contributed by atoms with Crippen molar-refractivity contribution in [2.24, 2.45) is 0 Å². The SMILES string of the molecule is CC(C)c1ccc2c(c1)N(c1c(C(C)C)cc(-c3ccc(F)cc3F)cc1C(C)C)[CH-]N2c1[c-]c(Oc2[c-]c3c(cc2)c2ccccc2n3-c2ccccn2)cc(-c2ccc3ncccc3c2)c1.[Pt]. The number of hydrogen-bond donors (Lipinski definition) is 0. The molecule has 11 rings (SSSR count). The van der Waals surface area contributed by atoms with Crippen LogP contribution in [0.5, 0.6) is 11.5 Å². The van der Waals surface area contributed by atoms with E-state index in [2.05, 4.69) is 165 Å². The average molecular weight is 1090 g/mol. The number of para-hydroxylation sites is 1. The Kier molecular flexibility index (Phi) is 12.2. The van der Waals surface area contributed by atoms with Gasteiger partial charge in [0.25, 0.3) is 0 Å². The van der Waals surface area contributed by atoms with Crippen LogP contribution in [0, 0.1) is 30.4 Å². The Hall–Kier alpha value is -7.15. The minimum Gasteiger partial charge on any atom is -0.509 e. The van der Waals surface area contributed by atoms with Gasteiger partial charge in [-0.3, -0.25) is 4.98 Å². The van der Waals surface area contributed by atoms with Crippen molar-refractivity contribution in [2.45, 2.75) is 59.3 Å². The van der Waals surface area contributed by atoms with E-state index >= 15 is 4.39 Å². The third-order valence-electron chi connectivity index (χ3n) is 13.0. The van der Waals surface area contributed by atoms with E-state index in [9.17, 15) is 4.39 Å². The molecule has 0 spiro atoms. The second-order valence-electron chi connectivity index (χ2n) is 18.5. The Bertz CT molecular complexity index is 3540. The molecule has 4 heterocycles. The van der Waals surface area contributed by atoms with Gasteiger partial charge in [-0.1, -0.05) is 89.5 Å². The summed E-state index contributed by atoms with van der Waals surface area (Å²) in [5.41, 5.74) is 12.9. The molecule has 9 heteroatoms. The van der Waals surface area contributed by atoms with E-state index in [-0.39, 0.29) is 38.8 Å². The summed E-state index contributed by atoms with van der Waals surface area (Å²) in [6.07, 6.45) is 3.61. The maximum Gasteiger partial charge on any atom is 0.135 e. The van der Waals surface area contributed by atoms with Gasteiger partial charge in [0, 0.05) is 84.6 Å². The van der Waals surface area contributed by atoms with Crippen LogP contribution < -0.4 is 14.5 Å². The smallest absolute Gasteiger partial charge is 0.135 e. The number of nitrogens with zero attached hydrogens (tertiary/aromatic N) is 5. The largest absolute Gasteiger partial charge is 0.509 e. The number of halogens is 2. The van der Waals surface area contributed by atoms with Gasteiger partial charge < -0.3 is 19.1 Å². The molecule has 0 saturated carbocycles. The number of hydrogen-bond acceptors (Lipinski definition) is 5. The van der Waals surface area contributed by atoms with Crippen LogP contribution in [0.4, 0.5) is 31.5 Å². The molecule has 0 atom stereocenters. The number of aromatic nitrogens is 3. The van der Waals surface area contributed by atoms with Gasteiger partial charge in [-0.05, 0) is 124 Å². The Balaban J connectivity index is 0.00000553. The summed E-state index contributed by atoms with van der Waals surface area (Å²) in [5, 5.41) is 3.17. The van der Waals surface area contributed by atoms with E-state index in [1.807, 2.05) is 48.7 Å². The summed E-state index contributed by atoms with van der Waals surface area (Å²) in [6.45, 7) is 15.2. The normalized spacial score (nSPS) is 12.5. The molecule has 0 bridgehead atoms. The van der Waals surface area contributed by atoms with Crippen LogP contribution in [0.15, 0.2) is 158 Å². The van der Waals surface area contributed by atoms with Gasteiger partial charge in [-0.2, -0.15) is 6.07 Å². The molecule has 10 aromatic rings. The summed E-state index contributed by atoms with van der Waals surface area (Å²) in [4.78, 5) is 13.8. The minimum atomic E-state index is -0.601. The Morgan fingerprint density at radius 2 is 1.36 bits per heavy atom. The molecule has 7 aromatic carbocycles. The molecule has 3 aromatic heterocycles. The Morgan fingerprint density at radius 1 is 0.580 bits per heavy atom. The van der Waals surface area contributed by atoms with Crippen LogP contribution in [0.3, 0.4) is 0 Å². The summed E-state index contributed by atoms with van der Waals surface area (Å²) < 4.78 is 38.6. The molecular weight excluding hydrogens is 1040 g/mol. The first kappa shape index (κ1) is 45.6. The van der Waals surface area contributed by atoms with Crippen LogP contribution in [-0.2, 0) is 21.1 Å². The molecule has 6 nitrogen and oxygen atoms in total. The van der Waals surface area contributed by atoms with Gasteiger partial charge in [0.2, 0.25) is 0 Å². The number of rotatable bonds is 10. The second-order valence-corrected chi connectivity index (χ2v) is 18.5. The average Bonchev–Trinajstić information content (AvgIpc) is 3.89. The molecule has 1 aliphatic heterocycles. The van der Waals surface area contributed by atoms with Crippen LogP contribution in [0.25, 0.3) is 60.8 Å². The topological polar surface area (TPSA) is 46.4 Å². The predicted molar refractivity (Wildman–Crippen MR) is 273 cm³/mol. The third kappa shape index (κ3) is 8.35. The monoisotopic (exact) mass is 1090 g/mol. The summed E-state index contributed by atoms with van der Waals surface area (Å²) in [6, 6.07) is 54.7. The molecule has 69 heavy (non-hydrogen) atoms. The van der Waals surface area contributed by atoms with E-state index < -0.39 is 11.6 Å². The minimum absolute atomic E-state index is 0. The van der Waals surface area contributed by atoms with Crippen molar-refractivity contribution < 1.29 is 34.6 Å². The van der Waals surface area contributed by atoms with E-state index in [0.717, 1.165) is 95.2 Å². The fourth-order valence-electron chi connectivity index (χ4n) is 9.54. The van der Waals surface area contributed by atoms with E-state index in [1.165, 1.54) is 17.7 Å². The van der Waals surface area contributed by atoms with Gasteiger partial charge in [-0.25, -0.2) is 13.8 Å². The van der Waals surface area contributed by atoms with E-state index in [4.69, 9.17) is 9.72 Å². The number of ether oxygens (including phenoxy) is 1. The fraction of sp³-hybridized carbons (Fsp3) is 0.150. The zero-order valence-corrected chi connectivity index (χ0v) is 41.3. The number of benzene rings is 7. The molecule has 0 amide bonds. The quantitative estimate of drug-likeness (QED) is 0.128. The molecule has 0 aliphatic carbocycles. The summed E-state index contributed by atoms with van der Waals surface area (Å²) in [5.74, 6) is 1.06. The zero-order valence-electron chi connectivity index (χ0n) is 39.0. The first-order chi connectivity index (χ1) is 33.0. The predicted octanol–water partition coefficient (Wildman–Crippen LogP) is 16.5. The van der Waals surface area contributed by atoms with Crippen molar-refractivity contribution >= 4 is 55.5 Å².